The number of aryl methyl sites for hydroxylation is 1. The van der Waals surface area contributed by atoms with Gasteiger partial charge >= 0.3 is 5.97 Å². The van der Waals surface area contributed by atoms with Crippen LogP contribution >= 0.6 is 0 Å². The number of nitrogens with two attached hydrogens (primary N) is 1. The van der Waals surface area contributed by atoms with E-state index in [1.807, 2.05) is 31.2 Å². The van der Waals surface area contributed by atoms with Crippen LogP contribution in [0.15, 0.2) is 54.6 Å². The summed E-state index contributed by atoms with van der Waals surface area (Å²) in [4.78, 5) is 40.8. The zero-order valence-electron chi connectivity index (χ0n) is 16.2. The molecule has 7 nitrogen and oxygen atoms in total. The molecule has 0 saturated carbocycles. The zero-order chi connectivity index (χ0) is 20.8. The van der Waals surface area contributed by atoms with E-state index >= 15 is 0 Å². The molecule has 0 aromatic heterocycles. The lowest BCUT2D eigenvalue weighted by molar-refractivity contribution is -0.735. The highest BCUT2D eigenvalue weighted by atomic mass is 16.5. The number of aliphatic hydroxyl groups is 1. The van der Waals surface area contributed by atoms with Crippen molar-refractivity contribution in [2.45, 2.75) is 18.5 Å². The fourth-order valence-corrected chi connectivity index (χ4v) is 4.80. The molecule has 4 rings (SSSR count). The molecule has 2 amide bonds. The number of ether oxygens (including phenoxy) is 1. The van der Waals surface area contributed by atoms with Gasteiger partial charge in [0.2, 0.25) is 17.4 Å². The molecule has 2 aliphatic rings. The van der Waals surface area contributed by atoms with E-state index in [0.717, 1.165) is 16.0 Å². The smallest absolute Gasteiger partial charge is 0.371 e. The highest BCUT2D eigenvalue weighted by Crippen LogP contribution is 2.46. The second-order valence-corrected chi connectivity index (χ2v) is 7.59. The summed E-state index contributed by atoms with van der Waals surface area (Å²) < 4.78 is 4.96. The number of amides is 2. The number of benzene rings is 2. The Balaban J connectivity index is 1.88. The van der Waals surface area contributed by atoms with Gasteiger partial charge in [-0.25, -0.2) is 9.69 Å². The summed E-state index contributed by atoms with van der Waals surface area (Å²) in [5.41, 5.74) is 0.697. The van der Waals surface area contributed by atoms with Crippen molar-refractivity contribution in [2.75, 3.05) is 18.6 Å². The standard InChI is InChI=1S/C22H22N2O5/c1-13-8-6-7-11-15(13)18-16-17(22(12-25,23-18)21(28)29-2)20(27)24(19(16)26)14-9-4-3-5-10-14/h3-11,16-18,23,25H,12H2,1-2H3/p+1/t16-,17-,18+,22-/m0/s1. The van der Waals surface area contributed by atoms with Crippen LogP contribution in [-0.4, -0.2) is 42.1 Å². The van der Waals surface area contributed by atoms with Gasteiger partial charge in [-0.3, -0.25) is 9.59 Å². The number of hydrogen-bond donors (Lipinski definition) is 2. The molecule has 150 valence electrons. The van der Waals surface area contributed by atoms with E-state index in [1.165, 1.54) is 7.11 Å². The lowest BCUT2D eigenvalue weighted by atomic mass is 9.79. The third kappa shape index (κ3) is 2.69. The number of hydrogen-bond acceptors (Lipinski definition) is 5. The van der Waals surface area contributed by atoms with Gasteiger partial charge in [0.1, 0.15) is 24.5 Å². The van der Waals surface area contributed by atoms with E-state index in [1.54, 1.807) is 35.6 Å². The van der Waals surface area contributed by atoms with Crippen LogP contribution in [0, 0.1) is 18.8 Å². The fourth-order valence-electron chi connectivity index (χ4n) is 4.80. The molecule has 3 N–H and O–H groups in total. The number of carbonyl (C=O) groups excluding carboxylic acids is 3. The van der Waals surface area contributed by atoms with Crippen LogP contribution in [0.5, 0.6) is 0 Å². The number of nitrogens with zero attached hydrogens (tertiary/aromatic N) is 1. The van der Waals surface area contributed by atoms with Crippen molar-refractivity contribution in [3.05, 3.63) is 65.7 Å². The third-order valence-electron chi connectivity index (χ3n) is 6.16. The van der Waals surface area contributed by atoms with Crippen molar-refractivity contribution >= 4 is 23.5 Å². The Morgan fingerprint density at radius 2 is 1.76 bits per heavy atom. The topological polar surface area (TPSA) is 101 Å². The molecule has 7 heteroatoms. The van der Waals surface area contributed by atoms with Crippen LogP contribution in [0.4, 0.5) is 5.69 Å². The zero-order valence-corrected chi connectivity index (χ0v) is 16.2. The van der Waals surface area contributed by atoms with E-state index in [0.29, 0.717) is 5.69 Å². The second-order valence-electron chi connectivity index (χ2n) is 7.59. The lowest BCUT2D eigenvalue weighted by Gasteiger charge is -2.27. The van der Waals surface area contributed by atoms with Crippen molar-refractivity contribution in [3.8, 4) is 0 Å². The molecular formula is C22H23N2O5+. The Morgan fingerprint density at radius 1 is 1.10 bits per heavy atom. The van der Waals surface area contributed by atoms with Gasteiger partial charge in [-0.15, -0.1) is 0 Å². The number of fused-ring (bicyclic) bond motifs is 1. The molecule has 2 heterocycles. The summed E-state index contributed by atoms with van der Waals surface area (Å²) in [6.07, 6.45) is 0. The first-order chi connectivity index (χ1) is 14.0. The molecule has 0 radical (unpaired) electrons. The SMILES string of the molecule is COC(=O)[C@@]1(CO)[NH2+][C@H](c2ccccc2C)[C@H]2C(=O)N(c3ccccc3)C(=O)[C@H]21. The average molecular weight is 395 g/mol. The predicted molar refractivity (Wildman–Crippen MR) is 104 cm³/mol. The number of imide groups is 1. The van der Waals surface area contributed by atoms with Crippen LogP contribution in [-0.2, 0) is 19.1 Å². The number of quaternary nitrogens is 1. The minimum atomic E-state index is -1.57. The van der Waals surface area contributed by atoms with Gasteiger partial charge in [0.15, 0.2) is 0 Å². The van der Waals surface area contributed by atoms with E-state index in [2.05, 4.69) is 0 Å². The van der Waals surface area contributed by atoms with Crippen LogP contribution in [0.1, 0.15) is 17.2 Å². The maximum absolute atomic E-state index is 13.5. The predicted octanol–water partition coefficient (Wildman–Crippen LogP) is 0.323. The summed E-state index contributed by atoms with van der Waals surface area (Å²) in [6, 6.07) is 15.7. The molecule has 0 bridgehead atoms. The van der Waals surface area contributed by atoms with Gasteiger partial charge in [-0.1, -0.05) is 42.5 Å². The monoisotopic (exact) mass is 395 g/mol. The number of carbonyl (C=O) groups is 3. The maximum atomic E-state index is 13.5. The molecule has 0 unspecified atom stereocenters. The van der Waals surface area contributed by atoms with Gasteiger partial charge in [-0.2, -0.15) is 0 Å². The quantitative estimate of drug-likeness (QED) is 0.574. The van der Waals surface area contributed by atoms with Crippen LogP contribution in [0.25, 0.3) is 0 Å². The van der Waals surface area contributed by atoms with E-state index in [-0.39, 0.29) is 5.91 Å². The number of methoxy groups -OCH3 is 1. The van der Waals surface area contributed by atoms with Gasteiger partial charge in [0.25, 0.3) is 0 Å². The molecule has 4 atom stereocenters. The van der Waals surface area contributed by atoms with Crippen LogP contribution in [0.2, 0.25) is 0 Å². The van der Waals surface area contributed by atoms with Gasteiger partial charge in [0, 0.05) is 5.56 Å². The van der Waals surface area contributed by atoms with Crippen molar-refractivity contribution in [1.29, 1.82) is 0 Å². The Bertz CT molecular complexity index is 976. The first-order valence-electron chi connectivity index (χ1n) is 9.50. The van der Waals surface area contributed by atoms with Crippen molar-refractivity contribution < 1.29 is 29.5 Å². The van der Waals surface area contributed by atoms with Crippen molar-refractivity contribution in [1.82, 2.24) is 0 Å². The molecule has 2 aromatic carbocycles. The molecule has 2 fully saturated rings. The fraction of sp³-hybridized carbons (Fsp3) is 0.318. The number of anilines is 1. The largest absolute Gasteiger partial charge is 0.464 e. The Kier molecular flexibility index (Phi) is 4.72. The highest BCUT2D eigenvalue weighted by molar-refractivity contribution is 6.23. The Labute approximate surface area is 168 Å². The lowest BCUT2D eigenvalue weighted by Crippen LogP contribution is -2.99. The molecule has 0 aliphatic carbocycles. The normalized spacial score (nSPS) is 28.5. The average Bonchev–Trinajstić information content (AvgIpc) is 3.23. The molecule has 2 aromatic rings. The summed E-state index contributed by atoms with van der Waals surface area (Å²) in [7, 11) is 1.22. The number of rotatable bonds is 4. The minimum absolute atomic E-state index is 0.366. The summed E-state index contributed by atoms with van der Waals surface area (Å²) in [5.74, 6) is -3.36. The third-order valence-corrected chi connectivity index (χ3v) is 6.16. The second kappa shape index (κ2) is 7.09. The van der Waals surface area contributed by atoms with E-state index < -0.39 is 41.9 Å². The number of esters is 1. The molecule has 2 saturated heterocycles. The van der Waals surface area contributed by atoms with E-state index in [4.69, 9.17) is 4.74 Å². The molecule has 0 spiro atoms. The van der Waals surface area contributed by atoms with Crippen LogP contribution in [0.3, 0.4) is 0 Å². The van der Waals surface area contributed by atoms with Gasteiger partial charge in [0.05, 0.1) is 12.8 Å². The molecule has 29 heavy (non-hydrogen) atoms. The Hall–Kier alpha value is -3.03. The van der Waals surface area contributed by atoms with Crippen molar-refractivity contribution in [2.24, 2.45) is 11.8 Å². The maximum Gasteiger partial charge on any atom is 0.371 e. The first-order valence-corrected chi connectivity index (χ1v) is 9.50. The van der Waals surface area contributed by atoms with Gasteiger partial charge < -0.3 is 15.2 Å². The minimum Gasteiger partial charge on any atom is -0.464 e. The summed E-state index contributed by atoms with van der Waals surface area (Å²) in [6.45, 7) is 1.32. The number of aliphatic hydroxyl groups excluding tert-OH is 1. The van der Waals surface area contributed by atoms with Crippen LogP contribution < -0.4 is 10.2 Å². The Morgan fingerprint density at radius 3 is 2.38 bits per heavy atom. The summed E-state index contributed by atoms with van der Waals surface area (Å²) >= 11 is 0. The number of para-hydroxylation sites is 1. The van der Waals surface area contributed by atoms with Gasteiger partial charge in [-0.05, 0) is 24.6 Å². The molecular weight excluding hydrogens is 372 g/mol. The molecule has 2 aliphatic heterocycles. The van der Waals surface area contributed by atoms with Crippen molar-refractivity contribution in [3.63, 3.8) is 0 Å². The highest BCUT2D eigenvalue weighted by Gasteiger charge is 2.72. The summed E-state index contributed by atoms with van der Waals surface area (Å²) in [5, 5.41) is 11.9. The first kappa shape index (κ1) is 19.3. The van der Waals surface area contributed by atoms with E-state index in [9.17, 15) is 19.5 Å².